The molecule has 1 aromatic heterocycles. The minimum Gasteiger partial charge on any atom is -0.487 e. The molecule has 1 aliphatic heterocycles. The number of ether oxygens (including phenoxy) is 1. The van der Waals surface area contributed by atoms with Gasteiger partial charge in [0.25, 0.3) is 0 Å². The number of hydrogen-bond donors (Lipinski definition) is 1. The van der Waals surface area contributed by atoms with Gasteiger partial charge in [-0.2, -0.15) is 4.31 Å². The van der Waals surface area contributed by atoms with Crippen molar-refractivity contribution in [2.45, 2.75) is 37.3 Å². The number of halogens is 1. The van der Waals surface area contributed by atoms with E-state index in [4.69, 9.17) is 4.74 Å². The quantitative estimate of drug-likeness (QED) is 0.461. The molecule has 0 aliphatic carbocycles. The Hall–Kier alpha value is -3.78. The van der Waals surface area contributed by atoms with Crippen LogP contribution in [0, 0.1) is 23.6 Å². The van der Waals surface area contributed by atoms with Crippen molar-refractivity contribution in [3.8, 4) is 17.6 Å². The standard InChI is InChI=1S/C30H32FN3O5S/c1-21-18-34(22(2)20-35)40(37,38)29-11-9-23(8-10-25-6-4-5-7-26(25)31)16-27(29)39-28(21)19-33(3)30(36)17-24-12-14-32-15-13-24/h4-7,9,11-16,21-22,28,35H,17-20H2,1-3H3/t21-,22+,28-/m1/s1. The SMILES string of the molecule is C[C@@H]1CN([C@@H](C)CO)S(=O)(=O)c2ccc(C#Cc3ccccc3F)cc2O[C@@H]1CN(C)C(=O)Cc1ccncc1. The van der Waals surface area contributed by atoms with Gasteiger partial charge in [-0.05, 0) is 55.0 Å². The van der Waals surface area contributed by atoms with Gasteiger partial charge in [0, 0.05) is 43.5 Å². The lowest BCUT2D eigenvalue weighted by Crippen LogP contribution is -2.50. The Morgan fingerprint density at radius 3 is 2.62 bits per heavy atom. The third kappa shape index (κ3) is 6.67. The second kappa shape index (κ2) is 12.6. The fourth-order valence-electron chi connectivity index (χ4n) is 4.41. The molecule has 2 aromatic carbocycles. The number of carbonyl (C=O) groups is 1. The maximum atomic E-state index is 14.1. The molecular weight excluding hydrogens is 533 g/mol. The molecule has 0 radical (unpaired) electrons. The molecule has 0 saturated carbocycles. The van der Waals surface area contributed by atoms with Gasteiger partial charge >= 0.3 is 0 Å². The highest BCUT2D eigenvalue weighted by molar-refractivity contribution is 7.89. The summed E-state index contributed by atoms with van der Waals surface area (Å²) in [5.74, 6) is 4.84. The largest absolute Gasteiger partial charge is 0.487 e. The van der Waals surface area contributed by atoms with E-state index in [0.29, 0.717) is 5.56 Å². The van der Waals surface area contributed by atoms with Crippen molar-refractivity contribution < 1.29 is 27.4 Å². The zero-order chi connectivity index (χ0) is 28.9. The van der Waals surface area contributed by atoms with Gasteiger partial charge < -0.3 is 14.7 Å². The molecule has 1 N–H and O–H groups in total. The van der Waals surface area contributed by atoms with E-state index in [0.717, 1.165) is 5.56 Å². The van der Waals surface area contributed by atoms with Gasteiger partial charge in [-0.1, -0.05) is 30.9 Å². The van der Waals surface area contributed by atoms with Crippen LogP contribution in [0.4, 0.5) is 4.39 Å². The van der Waals surface area contributed by atoms with E-state index in [1.807, 2.05) is 6.92 Å². The summed E-state index contributed by atoms with van der Waals surface area (Å²) in [6, 6.07) is 13.5. The Morgan fingerprint density at radius 1 is 1.20 bits per heavy atom. The lowest BCUT2D eigenvalue weighted by atomic mass is 10.0. The smallest absolute Gasteiger partial charge is 0.247 e. The van der Waals surface area contributed by atoms with Gasteiger partial charge in [-0.15, -0.1) is 0 Å². The van der Waals surface area contributed by atoms with E-state index >= 15 is 0 Å². The van der Waals surface area contributed by atoms with Crippen molar-refractivity contribution in [3.05, 3.63) is 89.5 Å². The molecule has 0 saturated heterocycles. The lowest BCUT2D eigenvalue weighted by molar-refractivity contribution is -0.130. The van der Waals surface area contributed by atoms with Crippen molar-refractivity contribution in [3.63, 3.8) is 0 Å². The number of nitrogens with zero attached hydrogens (tertiary/aromatic N) is 3. The number of aliphatic hydroxyl groups excluding tert-OH is 1. The fourth-order valence-corrected chi connectivity index (χ4v) is 6.23. The van der Waals surface area contributed by atoms with Gasteiger partial charge in [-0.25, -0.2) is 12.8 Å². The average molecular weight is 566 g/mol. The summed E-state index contributed by atoms with van der Waals surface area (Å²) in [5, 5.41) is 9.84. The van der Waals surface area contributed by atoms with Crippen LogP contribution in [0.3, 0.4) is 0 Å². The van der Waals surface area contributed by atoms with E-state index in [1.165, 1.54) is 22.5 Å². The van der Waals surface area contributed by atoms with Crippen molar-refractivity contribution in [2.24, 2.45) is 5.92 Å². The predicted molar refractivity (Wildman–Crippen MR) is 148 cm³/mol. The first-order chi connectivity index (χ1) is 19.1. The number of pyridine rings is 1. The van der Waals surface area contributed by atoms with E-state index in [9.17, 15) is 22.7 Å². The molecule has 3 atom stereocenters. The molecule has 0 fully saturated rings. The minimum absolute atomic E-state index is 0.0630. The van der Waals surface area contributed by atoms with Crippen molar-refractivity contribution >= 4 is 15.9 Å². The molecule has 40 heavy (non-hydrogen) atoms. The van der Waals surface area contributed by atoms with Crippen molar-refractivity contribution in [2.75, 3.05) is 26.7 Å². The predicted octanol–water partition coefficient (Wildman–Crippen LogP) is 3.09. The van der Waals surface area contributed by atoms with Crippen LogP contribution in [0.25, 0.3) is 0 Å². The van der Waals surface area contributed by atoms with Crippen LogP contribution in [0.5, 0.6) is 5.75 Å². The number of aliphatic hydroxyl groups is 1. The van der Waals surface area contributed by atoms with Gasteiger partial charge in [0.1, 0.15) is 22.6 Å². The van der Waals surface area contributed by atoms with Crippen LogP contribution < -0.4 is 4.74 Å². The summed E-state index contributed by atoms with van der Waals surface area (Å²) < 4.78 is 49.0. The molecular formula is C30H32FN3O5S. The third-order valence-corrected chi connectivity index (χ3v) is 8.89. The Balaban J connectivity index is 1.68. The van der Waals surface area contributed by atoms with E-state index in [1.54, 1.807) is 67.7 Å². The second-order valence-corrected chi connectivity index (χ2v) is 11.8. The average Bonchev–Trinajstić information content (AvgIpc) is 2.94. The topological polar surface area (TPSA) is 100 Å². The zero-order valence-electron chi connectivity index (χ0n) is 22.6. The Kier molecular flexibility index (Phi) is 9.20. The number of carbonyl (C=O) groups excluding carboxylic acids is 1. The molecule has 1 aliphatic rings. The zero-order valence-corrected chi connectivity index (χ0v) is 23.4. The molecule has 4 rings (SSSR count). The van der Waals surface area contributed by atoms with Gasteiger partial charge in [0.05, 0.1) is 25.1 Å². The summed E-state index contributed by atoms with van der Waals surface area (Å²) in [4.78, 5) is 18.5. The molecule has 210 valence electrons. The summed E-state index contributed by atoms with van der Waals surface area (Å²) in [6.45, 7) is 3.43. The fraction of sp³-hybridized carbons (Fsp3) is 0.333. The number of amides is 1. The normalized spacial score (nSPS) is 19.1. The third-order valence-electron chi connectivity index (χ3n) is 6.87. The number of likely N-dealkylation sites (N-methyl/N-ethyl adjacent to an activating group) is 1. The maximum Gasteiger partial charge on any atom is 0.247 e. The number of benzene rings is 2. The van der Waals surface area contributed by atoms with E-state index in [2.05, 4.69) is 16.8 Å². The molecule has 8 nitrogen and oxygen atoms in total. The molecule has 0 bridgehead atoms. The van der Waals surface area contributed by atoms with Crippen LogP contribution in [0.2, 0.25) is 0 Å². The van der Waals surface area contributed by atoms with Crippen LogP contribution in [-0.4, -0.2) is 72.5 Å². The maximum absolute atomic E-state index is 14.1. The molecule has 1 amide bonds. The molecule has 3 aromatic rings. The van der Waals surface area contributed by atoms with Gasteiger partial charge in [0.15, 0.2) is 0 Å². The molecule has 0 unspecified atom stereocenters. The van der Waals surface area contributed by atoms with Crippen molar-refractivity contribution in [1.29, 1.82) is 0 Å². The highest BCUT2D eigenvalue weighted by Crippen LogP contribution is 2.34. The molecule has 0 spiro atoms. The highest BCUT2D eigenvalue weighted by atomic mass is 32.2. The number of sulfonamides is 1. The highest BCUT2D eigenvalue weighted by Gasteiger charge is 2.38. The number of aromatic nitrogens is 1. The lowest BCUT2D eigenvalue weighted by Gasteiger charge is -2.37. The van der Waals surface area contributed by atoms with Gasteiger partial charge in [0.2, 0.25) is 15.9 Å². The van der Waals surface area contributed by atoms with Gasteiger partial charge in [-0.3, -0.25) is 9.78 Å². The number of rotatable bonds is 6. The second-order valence-electron chi connectivity index (χ2n) is 9.94. The Labute approximate surface area is 234 Å². The van der Waals surface area contributed by atoms with Crippen LogP contribution in [0.1, 0.15) is 30.5 Å². The van der Waals surface area contributed by atoms with E-state index in [-0.39, 0.29) is 54.2 Å². The first kappa shape index (κ1) is 29.2. The molecule has 10 heteroatoms. The summed E-state index contributed by atoms with van der Waals surface area (Å²) in [6.07, 6.45) is 2.88. The number of fused-ring (bicyclic) bond motifs is 1. The number of hydrogen-bond acceptors (Lipinski definition) is 6. The summed E-state index contributed by atoms with van der Waals surface area (Å²) >= 11 is 0. The first-order valence-electron chi connectivity index (χ1n) is 12.9. The monoisotopic (exact) mass is 565 g/mol. The summed E-state index contributed by atoms with van der Waals surface area (Å²) in [7, 11) is -2.35. The van der Waals surface area contributed by atoms with E-state index < -0.39 is 28.0 Å². The minimum atomic E-state index is -4.03. The van der Waals surface area contributed by atoms with Crippen molar-refractivity contribution in [1.82, 2.24) is 14.2 Å². The Bertz CT molecular complexity index is 1520. The Morgan fingerprint density at radius 2 is 1.93 bits per heavy atom. The molecule has 2 heterocycles. The first-order valence-corrected chi connectivity index (χ1v) is 14.4. The van der Waals surface area contributed by atoms with Crippen LogP contribution in [0.15, 0.2) is 71.9 Å². The van der Waals surface area contributed by atoms with Crippen LogP contribution >= 0.6 is 0 Å². The summed E-state index contributed by atoms with van der Waals surface area (Å²) in [5.41, 5.74) is 1.48. The van der Waals surface area contributed by atoms with Crippen LogP contribution in [-0.2, 0) is 21.2 Å².